The lowest BCUT2D eigenvalue weighted by Crippen LogP contribution is -2.29. The first-order valence-electron chi connectivity index (χ1n) is 6.82. The highest BCUT2D eigenvalue weighted by atomic mass is 19.1. The van der Waals surface area contributed by atoms with Crippen LogP contribution in [0.5, 0.6) is 5.75 Å². The molecule has 0 aliphatic carbocycles. The Kier molecular flexibility index (Phi) is 4.77. The Bertz CT molecular complexity index is 425. The molecule has 0 radical (unpaired) electrons. The molecule has 0 amide bonds. The van der Waals surface area contributed by atoms with E-state index in [4.69, 9.17) is 9.47 Å². The number of rotatable bonds is 5. The maximum Gasteiger partial charge on any atom is 0.123 e. The van der Waals surface area contributed by atoms with Gasteiger partial charge in [-0.1, -0.05) is 0 Å². The van der Waals surface area contributed by atoms with Crippen LogP contribution in [0.3, 0.4) is 0 Å². The largest absolute Gasteiger partial charge is 0.496 e. The minimum absolute atomic E-state index is 0.0326. The Labute approximate surface area is 114 Å². The molecule has 0 bridgehead atoms. The van der Waals surface area contributed by atoms with Crippen molar-refractivity contribution >= 4 is 0 Å². The van der Waals surface area contributed by atoms with E-state index in [9.17, 15) is 4.39 Å². The van der Waals surface area contributed by atoms with E-state index >= 15 is 0 Å². The molecule has 1 heterocycles. The second-order valence-corrected chi connectivity index (χ2v) is 5.16. The van der Waals surface area contributed by atoms with Gasteiger partial charge in [0.1, 0.15) is 11.6 Å². The molecule has 0 spiro atoms. The van der Waals surface area contributed by atoms with Gasteiger partial charge in [0, 0.05) is 18.2 Å². The molecule has 3 nitrogen and oxygen atoms in total. The van der Waals surface area contributed by atoms with Gasteiger partial charge in [-0.15, -0.1) is 0 Å². The summed E-state index contributed by atoms with van der Waals surface area (Å²) in [6.45, 7) is 4.89. The molecule has 1 saturated heterocycles. The van der Waals surface area contributed by atoms with Gasteiger partial charge in [-0.05, 0) is 44.9 Å². The maximum absolute atomic E-state index is 13.3. The van der Waals surface area contributed by atoms with Crippen molar-refractivity contribution < 1.29 is 13.9 Å². The number of hydrogen-bond donors (Lipinski definition) is 1. The maximum atomic E-state index is 13.3. The van der Waals surface area contributed by atoms with Crippen LogP contribution in [0, 0.1) is 5.82 Å². The molecule has 3 unspecified atom stereocenters. The highest BCUT2D eigenvalue weighted by Crippen LogP contribution is 2.26. The average Bonchev–Trinajstić information content (AvgIpc) is 2.81. The monoisotopic (exact) mass is 267 g/mol. The summed E-state index contributed by atoms with van der Waals surface area (Å²) < 4.78 is 24.4. The van der Waals surface area contributed by atoms with E-state index in [2.05, 4.69) is 12.2 Å². The summed E-state index contributed by atoms with van der Waals surface area (Å²) in [5, 5.41) is 3.39. The quantitative estimate of drug-likeness (QED) is 0.889. The fraction of sp³-hybridized carbons (Fsp3) is 0.600. The summed E-state index contributed by atoms with van der Waals surface area (Å²) in [5.41, 5.74) is 0.841. The Morgan fingerprint density at radius 2 is 2.26 bits per heavy atom. The third kappa shape index (κ3) is 3.67. The molecule has 0 aromatic heterocycles. The van der Waals surface area contributed by atoms with Crippen molar-refractivity contribution in [1.29, 1.82) is 0 Å². The molecule has 0 saturated carbocycles. The Balaban J connectivity index is 1.95. The number of methoxy groups -OCH3 is 1. The summed E-state index contributed by atoms with van der Waals surface area (Å²) in [4.78, 5) is 0. The predicted octanol–water partition coefficient (Wildman–Crippen LogP) is 3.05. The van der Waals surface area contributed by atoms with Crippen molar-refractivity contribution in [1.82, 2.24) is 5.32 Å². The zero-order valence-electron chi connectivity index (χ0n) is 11.8. The van der Waals surface area contributed by atoms with Crippen molar-refractivity contribution in [2.24, 2.45) is 0 Å². The molecule has 1 aromatic carbocycles. The van der Waals surface area contributed by atoms with E-state index < -0.39 is 0 Å². The van der Waals surface area contributed by atoms with Gasteiger partial charge in [-0.2, -0.15) is 0 Å². The zero-order chi connectivity index (χ0) is 13.8. The number of benzene rings is 1. The van der Waals surface area contributed by atoms with Gasteiger partial charge in [-0.25, -0.2) is 4.39 Å². The van der Waals surface area contributed by atoms with Gasteiger partial charge in [0.25, 0.3) is 0 Å². The van der Waals surface area contributed by atoms with Gasteiger partial charge >= 0.3 is 0 Å². The van der Waals surface area contributed by atoms with Crippen molar-refractivity contribution in [3.05, 3.63) is 29.6 Å². The van der Waals surface area contributed by atoms with Crippen LogP contribution in [0.15, 0.2) is 18.2 Å². The van der Waals surface area contributed by atoms with Crippen LogP contribution < -0.4 is 10.1 Å². The highest BCUT2D eigenvalue weighted by Gasteiger charge is 2.22. The van der Waals surface area contributed by atoms with Crippen LogP contribution >= 0.6 is 0 Å². The molecule has 19 heavy (non-hydrogen) atoms. The highest BCUT2D eigenvalue weighted by molar-refractivity contribution is 5.36. The fourth-order valence-corrected chi connectivity index (χ4v) is 2.50. The summed E-state index contributed by atoms with van der Waals surface area (Å²) in [6.07, 6.45) is 2.81. The third-order valence-electron chi connectivity index (χ3n) is 3.63. The fourth-order valence-electron chi connectivity index (χ4n) is 2.50. The smallest absolute Gasteiger partial charge is 0.123 e. The lowest BCUT2D eigenvalue weighted by Gasteiger charge is -2.20. The molecule has 4 heteroatoms. The number of halogens is 1. The van der Waals surface area contributed by atoms with Gasteiger partial charge in [-0.3, -0.25) is 0 Å². The Morgan fingerprint density at radius 1 is 1.47 bits per heavy atom. The molecule has 2 rings (SSSR count). The van der Waals surface area contributed by atoms with Crippen LogP contribution in [0.2, 0.25) is 0 Å². The molecular formula is C15H22FNO2. The van der Waals surface area contributed by atoms with Crippen LogP contribution in [-0.2, 0) is 4.74 Å². The molecule has 1 aliphatic heterocycles. The average molecular weight is 267 g/mol. The number of hydrogen-bond acceptors (Lipinski definition) is 3. The minimum Gasteiger partial charge on any atom is -0.496 e. The summed E-state index contributed by atoms with van der Waals surface area (Å²) in [5.74, 6) is 0.470. The van der Waals surface area contributed by atoms with Gasteiger partial charge in [0.2, 0.25) is 0 Å². The molecule has 1 aromatic rings. The van der Waals surface area contributed by atoms with Crippen LogP contribution in [0.1, 0.15) is 38.3 Å². The lowest BCUT2D eigenvalue weighted by molar-refractivity contribution is 0.0546. The topological polar surface area (TPSA) is 30.5 Å². The molecule has 106 valence electrons. The van der Waals surface area contributed by atoms with E-state index in [-0.39, 0.29) is 18.0 Å². The van der Waals surface area contributed by atoms with Crippen molar-refractivity contribution in [2.45, 2.75) is 44.9 Å². The second kappa shape index (κ2) is 6.35. The first kappa shape index (κ1) is 14.3. The molecule has 1 aliphatic rings. The number of ether oxygens (including phenoxy) is 2. The van der Waals surface area contributed by atoms with Gasteiger partial charge in [0.05, 0.1) is 19.3 Å². The van der Waals surface area contributed by atoms with E-state index in [1.165, 1.54) is 12.1 Å². The first-order valence-corrected chi connectivity index (χ1v) is 6.82. The van der Waals surface area contributed by atoms with Crippen LogP contribution in [0.4, 0.5) is 4.39 Å². The Hall–Kier alpha value is -1.13. The zero-order valence-corrected chi connectivity index (χ0v) is 11.8. The molecule has 3 atom stereocenters. The summed E-state index contributed by atoms with van der Waals surface area (Å²) in [7, 11) is 1.60. The van der Waals surface area contributed by atoms with Gasteiger partial charge < -0.3 is 14.8 Å². The van der Waals surface area contributed by atoms with E-state index in [1.54, 1.807) is 13.2 Å². The predicted molar refractivity (Wildman–Crippen MR) is 72.9 cm³/mol. The SMILES string of the molecule is COc1ccc(F)cc1C(C)NCC1CCC(C)O1. The standard InChI is InChI=1S/C15H22FNO2/c1-10-4-6-13(19-10)9-17-11(2)14-8-12(16)5-7-15(14)18-3/h5,7-8,10-11,13,17H,4,6,9H2,1-3H3. The summed E-state index contributed by atoms with van der Waals surface area (Å²) >= 11 is 0. The van der Waals surface area contributed by atoms with E-state index in [0.29, 0.717) is 11.9 Å². The normalized spacial score (nSPS) is 24.4. The van der Waals surface area contributed by atoms with E-state index in [1.807, 2.05) is 6.92 Å². The minimum atomic E-state index is -0.241. The lowest BCUT2D eigenvalue weighted by atomic mass is 10.1. The first-order chi connectivity index (χ1) is 9.10. The number of nitrogens with one attached hydrogen (secondary N) is 1. The van der Waals surface area contributed by atoms with Crippen molar-refractivity contribution in [3.8, 4) is 5.75 Å². The van der Waals surface area contributed by atoms with Crippen LogP contribution in [0.25, 0.3) is 0 Å². The summed E-state index contributed by atoms with van der Waals surface area (Å²) in [6, 6.07) is 4.63. The Morgan fingerprint density at radius 3 is 2.89 bits per heavy atom. The third-order valence-corrected chi connectivity index (χ3v) is 3.63. The molecule has 1 N–H and O–H groups in total. The van der Waals surface area contributed by atoms with Crippen molar-refractivity contribution in [2.75, 3.05) is 13.7 Å². The second-order valence-electron chi connectivity index (χ2n) is 5.16. The molecular weight excluding hydrogens is 245 g/mol. The van der Waals surface area contributed by atoms with Crippen molar-refractivity contribution in [3.63, 3.8) is 0 Å². The van der Waals surface area contributed by atoms with E-state index in [0.717, 1.165) is 24.9 Å². The van der Waals surface area contributed by atoms with Crippen LogP contribution in [-0.4, -0.2) is 25.9 Å². The van der Waals surface area contributed by atoms with Gasteiger partial charge in [0.15, 0.2) is 0 Å². The molecule has 1 fully saturated rings.